The zero-order valence-electron chi connectivity index (χ0n) is 16.0. The van der Waals surface area contributed by atoms with Gasteiger partial charge in [0, 0.05) is 18.1 Å². The van der Waals surface area contributed by atoms with Crippen LogP contribution in [-0.2, 0) is 6.61 Å². The normalized spacial score (nSPS) is 23.6. The Morgan fingerprint density at radius 3 is 2.20 bits per heavy atom. The van der Waals surface area contributed by atoms with Crippen molar-refractivity contribution >= 4 is 5.91 Å². The zero-order valence-corrected chi connectivity index (χ0v) is 16.0. The summed E-state index contributed by atoms with van der Waals surface area (Å²) in [4.78, 5) is 14.8. The van der Waals surface area contributed by atoms with Crippen molar-refractivity contribution in [1.82, 2.24) is 10.2 Å². The lowest BCUT2D eigenvalue weighted by Gasteiger charge is -2.36. The van der Waals surface area contributed by atoms with E-state index in [1.54, 1.807) is 0 Å². The van der Waals surface area contributed by atoms with E-state index in [9.17, 15) is 26.7 Å². The fourth-order valence-corrected chi connectivity index (χ4v) is 4.22. The van der Waals surface area contributed by atoms with Crippen LogP contribution in [0.2, 0.25) is 0 Å². The average molecular weight is 430 g/mol. The highest BCUT2D eigenvalue weighted by Gasteiger charge is 2.39. The van der Waals surface area contributed by atoms with Gasteiger partial charge >= 0.3 is 0 Å². The molecule has 5 nitrogen and oxygen atoms in total. The summed E-state index contributed by atoms with van der Waals surface area (Å²) in [5.74, 6) is -12.5. The second-order valence-corrected chi connectivity index (χ2v) is 7.65. The van der Waals surface area contributed by atoms with Gasteiger partial charge in [-0.3, -0.25) is 4.79 Å². The fourth-order valence-electron chi connectivity index (χ4n) is 4.22. The van der Waals surface area contributed by atoms with Gasteiger partial charge in [0.25, 0.3) is 5.91 Å². The van der Waals surface area contributed by atoms with Crippen LogP contribution in [-0.4, -0.2) is 36.0 Å². The van der Waals surface area contributed by atoms with Crippen LogP contribution in [0.1, 0.15) is 42.0 Å². The van der Waals surface area contributed by atoms with Crippen LogP contribution in [0.25, 0.3) is 0 Å². The summed E-state index contributed by atoms with van der Waals surface area (Å²) in [6.07, 6.45) is 3.90. The molecule has 10 heteroatoms. The first-order valence-electron chi connectivity index (χ1n) is 9.52. The Bertz CT molecular complexity index is 937. The van der Waals surface area contributed by atoms with Crippen LogP contribution in [0.4, 0.5) is 22.0 Å². The number of hydrogen-bond acceptors (Lipinski definition) is 4. The molecule has 1 aromatic heterocycles. The molecule has 4 rings (SSSR count). The SMILES string of the molecule is CN1C2CCC1CC(NC(=O)c1ccc(COc3c(F)c(F)c(F)c(F)c3F)o1)C2. The number of hydrogen-bond donors (Lipinski definition) is 1. The van der Waals surface area contributed by atoms with E-state index >= 15 is 0 Å². The molecule has 1 aromatic carbocycles. The molecule has 2 saturated heterocycles. The lowest BCUT2D eigenvalue weighted by atomic mass is 9.98. The number of halogens is 5. The Kier molecular flexibility index (Phi) is 5.44. The van der Waals surface area contributed by atoms with Crippen molar-refractivity contribution in [2.24, 2.45) is 0 Å². The number of nitrogens with zero attached hydrogens (tertiary/aromatic N) is 1. The summed E-state index contributed by atoms with van der Waals surface area (Å²) in [6, 6.07) is 3.59. The van der Waals surface area contributed by atoms with Gasteiger partial charge in [-0.25, -0.2) is 13.2 Å². The molecule has 2 bridgehead atoms. The van der Waals surface area contributed by atoms with Crippen LogP contribution in [0.15, 0.2) is 16.5 Å². The summed E-state index contributed by atoms with van der Waals surface area (Å²) in [6.45, 7) is -0.621. The maximum atomic E-state index is 13.7. The van der Waals surface area contributed by atoms with Gasteiger partial charge in [-0.1, -0.05) is 0 Å². The highest BCUT2D eigenvalue weighted by atomic mass is 19.2. The van der Waals surface area contributed by atoms with Crippen molar-refractivity contribution in [3.8, 4) is 5.75 Å². The number of ether oxygens (including phenoxy) is 1. The molecule has 1 amide bonds. The maximum Gasteiger partial charge on any atom is 0.287 e. The van der Waals surface area contributed by atoms with Crippen molar-refractivity contribution in [3.63, 3.8) is 0 Å². The van der Waals surface area contributed by atoms with Crippen molar-refractivity contribution in [2.45, 2.75) is 50.4 Å². The number of amides is 1. The van der Waals surface area contributed by atoms with Crippen molar-refractivity contribution in [3.05, 3.63) is 52.7 Å². The summed E-state index contributed by atoms with van der Waals surface area (Å²) in [5, 5.41) is 2.92. The van der Waals surface area contributed by atoms with Crippen LogP contribution in [0.5, 0.6) is 5.75 Å². The first-order valence-corrected chi connectivity index (χ1v) is 9.52. The molecule has 0 spiro atoms. The van der Waals surface area contributed by atoms with E-state index in [2.05, 4.69) is 17.3 Å². The van der Waals surface area contributed by atoms with Crippen molar-refractivity contribution in [1.29, 1.82) is 0 Å². The van der Waals surface area contributed by atoms with E-state index in [0.29, 0.717) is 12.1 Å². The van der Waals surface area contributed by atoms with E-state index in [1.165, 1.54) is 12.1 Å². The highest BCUT2D eigenvalue weighted by molar-refractivity contribution is 5.91. The standard InChI is InChI=1S/C20H19F5N2O3/c1-27-10-2-3-11(27)7-9(6-10)26-20(28)13-5-4-12(30-13)8-29-19-17(24)15(22)14(21)16(23)18(19)25/h4-5,9-11H,2-3,6-8H2,1H3,(H,26,28). The van der Waals surface area contributed by atoms with Crippen LogP contribution in [0.3, 0.4) is 0 Å². The second-order valence-electron chi connectivity index (χ2n) is 7.65. The van der Waals surface area contributed by atoms with Crippen molar-refractivity contribution in [2.75, 3.05) is 7.05 Å². The number of furan rings is 1. The van der Waals surface area contributed by atoms with Gasteiger partial charge in [-0.2, -0.15) is 8.78 Å². The third-order valence-corrected chi connectivity index (χ3v) is 5.85. The van der Waals surface area contributed by atoms with E-state index in [0.717, 1.165) is 25.7 Å². The Morgan fingerprint density at radius 1 is 1.03 bits per heavy atom. The lowest BCUT2D eigenvalue weighted by molar-refractivity contribution is 0.0851. The molecule has 2 atom stereocenters. The zero-order chi connectivity index (χ0) is 21.6. The molecular weight excluding hydrogens is 411 g/mol. The predicted molar refractivity (Wildman–Crippen MR) is 94.3 cm³/mol. The predicted octanol–water partition coefficient (Wildman–Crippen LogP) is 3.91. The number of benzene rings is 1. The van der Waals surface area contributed by atoms with Gasteiger partial charge in [0.1, 0.15) is 12.4 Å². The average Bonchev–Trinajstić information content (AvgIpc) is 3.26. The van der Waals surface area contributed by atoms with E-state index in [-0.39, 0.29) is 17.6 Å². The fraction of sp³-hybridized carbons (Fsp3) is 0.450. The molecule has 0 aliphatic carbocycles. The first kappa shape index (κ1) is 20.6. The molecule has 2 unspecified atom stereocenters. The van der Waals surface area contributed by atoms with Gasteiger partial charge in [0.15, 0.2) is 11.5 Å². The molecule has 2 aromatic rings. The number of nitrogens with one attached hydrogen (secondary N) is 1. The maximum absolute atomic E-state index is 13.7. The monoisotopic (exact) mass is 430 g/mol. The quantitative estimate of drug-likeness (QED) is 0.444. The van der Waals surface area contributed by atoms with Gasteiger partial charge in [-0.15, -0.1) is 0 Å². The first-order chi connectivity index (χ1) is 14.3. The summed E-state index contributed by atoms with van der Waals surface area (Å²) < 4.78 is 76.9. The Balaban J connectivity index is 1.39. The van der Waals surface area contributed by atoms with E-state index < -0.39 is 47.3 Å². The van der Waals surface area contributed by atoms with E-state index in [4.69, 9.17) is 9.15 Å². The van der Waals surface area contributed by atoms with Crippen molar-refractivity contribution < 1.29 is 35.9 Å². The molecule has 2 aliphatic heterocycles. The largest absolute Gasteiger partial charge is 0.479 e. The van der Waals surface area contributed by atoms with Gasteiger partial charge < -0.3 is 19.4 Å². The minimum atomic E-state index is -2.27. The second kappa shape index (κ2) is 7.90. The molecule has 2 fully saturated rings. The number of rotatable bonds is 5. The minimum absolute atomic E-state index is 0.00691. The van der Waals surface area contributed by atoms with Gasteiger partial charge in [0.2, 0.25) is 29.1 Å². The molecule has 2 aliphatic rings. The Labute approximate surface area is 168 Å². The van der Waals surface area contributed by atoms with E-state index in [1.807, 2.05) is 0 Å². The summed E-state index contributed by atoms with van der Waals surface area (Å²) in [7, 11) is 2.09. The van der Waals surface area contributed by atoms with Gasteiger partial charge in [0.05, 0.1) is 0 Å². The lowest BCUT2D eigenvalue weighted by Crippen LogP contribution is -2.48. The summed E-state index contributed by atoms with van der Waals surface area (Å²) >= 11 is 0. The van der Waals surface area contributed by atoms with Crippen LogP contribution < -0.4 is 10.1 Å². The molecule has 0 radical (unpaired) electrons. The topological polar surface area (TPSA) is 54.7 Å². The third-order valence-electron chi connectivity index (χ3n) is 5.85. The Hall–Kier alpha value is -2.62. The van der Waals surface area contributed by atoms with Gasteiger partial charge in [-0.05, 0) is 44.9 Å². The highest BCUT2D eigenvalue weighted by Crippen LogP contribution is 2.34. The third kappa shape index (κ3) is 3.64. The Morgan fingerprint density at radius 2 is 1.60 bits per heavy atom. The molecule has 1 N–H and O–H groups in total. The molecule has 3 heterocycles. The van der Waals surface area contributed by atoms with Crippen LogP contribution in [0, 0.1) is 29.1 Å². The molecular formula is C20H19F5N2O3. The molecule has 162 valence electrons. The number of carbonyl (C=O) groups excluding carboxylic acids is 1. The minimum Gasteiger partial charge on any atom is -0.479 e. The number of piperidine rings is 1. The summed E-state index contributed by atoms with van der Waals surface area (Å²) in [5.41, 5.74) is 0. The smallest absolute Gasteiger partial charge is 0.287 e. The number of carbonyl (C=O) groups is 1. The molecule has 30 heavy (non-hydrogen) atoms. The number of fused-ring (bicyclic) bond motifs is 2. The molecule has 0 saturated carbocycles. The van der Waals surface area contributed by atoms with Crippen LogP contribution >= 0.6 is 0 Å².